The number of ether oxygens (including phenoxy) is 3. The van der Waals surface area contributed by atoms with Gasteiger partial charge in [0.1, 0.15) is 12.3 Å². The standard InChI is InChI=1S/C23H29ClN2O5/c1-5-11-31-22-19(24)12-16(13-20(22)30-7-3)23(28)26(6-2)15-21(27)25-17-9-8-10-18(14-17)29-4/h8-10,12-14H,5-7,11,15H2,1-4H3,(H,25,27). The Labute approximate surface area is 188 Å². The Morgan fingerprint density at radius 3 is 2.52 bits per heavy atom. The molecule has 0 aliphatic rings. The number of amides is 2. The predicted molar refractivity (Wildman–Crippen MR) is 122 cm³/mol. The Kier molecular flexibility index (Phi) is 9.46. The van der Waals surface area contributed by atoms with Crippen molar-refractivity contribution in [2.45, 2.75) is 27.2 Å². The van der Waals surface area contributed by atoms with E-state index in [0.29, 0.717) is 53.3 Å². The maximum atomic E-state index is 13.1. The summed E-state index contributed by atoms with van der Waals surface area (Å²) in [5, 5.41) is 3.07. The van der Waals surface area contributed by atoms with Gasteiger partial charge in [0.05, 0.1) is 25.3 Å². The van der Waals surface area contributed by atoms with Crippen LogP contribution < -0.4 is 19.5 Å². The van der Waals surface area contributed by atoms with Gasteiger partial charge in [-0.3, -0.25) is 9.59 Å². The van der Waals surface area contributed by atoms with E-state index in [9.17, 15) is 9.59 Å². The molecule has 1 N–H and O–H groups in total. The maximum absolute atomic E-state index is 13.1. The molecular formula is C23H29ClN2O5. The Morgan fingerprint density at radius 1 is 1.10 bits per heavy atom. The van der Waals surface area contributed by atoms with Crippen LogP contribution in [0.5, 0.6) is 17.2 Å². The number of anilines is 1. The third-order valence-electron chi connectivity index (χ3n) is 4.36. The SMILES string of the molecule is CCCOc1c(Cl)cc(C(=O)N(CC)CC(=O)Nc2cccc(OC)c2)cc1OCC. The molecule has 0 fully saturated rings. The van der Waals surface area contributed by atoms with Crippen molar-refractivity contribution in [3.63, 3.8) is 0 Å². The van der Waals surface area contributed by atoms with E-state index in [4.69, 9.17) is 25.8 Å². The lowest BCUT2D eigenvalue weighted by Crippen LogP contribution is -2.37. The van der Waals surface area contributed by atoms with Gasteiger partial charge in [-0.05, 0) is 44.5 Å². The molecule has 0 saturated heterocycles. The topological polar surface area (TPSA) is 77.1 Å². The molecule has 2 amide bonds. The first-order chi connectivity index (χ1) is 14.9. The number of benzene rings is 2. The number of carbonyl (C=O) groups is 2. The van der Waals surface area contributed by atoms with Crippen molar-refractivity contribution in [3.05, 3.63) is 47.0 Å². The molecule has 2 aromatic rings. The molecule has 8 heteroatoms. The fraction of sp³-hybridized carbons (Fsp3) is 0.391. The normalized spacial score (nSPS) is 10.4. The average Bonchev–Trinajstić information content (AvgIpc) is 2.76. The fourth-order valence-corrected chi connectivity index (χ4v) is 3.15. The first-order valence-corrected chi connectivity index (χ1v) is 10.6. The number of rotatable bonds is 11. The Balaban J connectivity index is 2.17. The zero-order chi connectivity index (χ0) is 22.8. The highest BCUT2D eigenvalue weighted by Crippen LogP contribution is 2.37. The first-order valence-electron chi connectivity index (χ1n) is 10.3. The van der Waals surface area contributed by atoms with Crippen molar-refractivity contribution >= 4 is 29.1 Å². The molecule has 0 bridgehead atoms. The molecule has 0 atom stereocenters. The third-order valence-corrected chi connectivity index (χ3v) is 4.64. The summed E-state index contributed by atoms with van der Waals surface area (Å²) in [6.45, 7) is 6.76. The van der Waals surface area contributed by atoms with Crippen LogP contribution >= 0.6 is 11.6 Å². The van der Waals surface area contributed by atoms with E-state index in [2.05, 4.69) is 5.32 Å². The van der Waals surface area contributed by atoms with Crippen LogP contribution in [-0.2, 0) is 4.79 Å². The molecule has 168 valence electrons. The van der Waals surface area contributed by atoms with E-state index in [-0.39, 0.29) is 18.4 Å². The van der Waals surface area contributed by atoms with E-state index in [0.717, 1.165) is 6.42 Å². The van der Waals surface area contributed by atoms with Gasteiger partial charge in [0.2, 0.25) is 5.91 Å². The van der Waals surface area contributed by atoms with Crippen molar-refractivity contribution in [1.29, 1.82) is 0 Å². The Hall–Kier alpha value is -2.93. The van der Waals surface area contributed by atoms with Gasteiger partial charge < -0.3 is 24.4 Å². The van der Waals surface area contributed by atoms with Gasteiger partial charge in [0, 0.05) is 23.9 Å². The van der Waals surface area contributed by atoms with E-state index in [1.165, 1.54) is 4.90 Å². The molecule has 0 heterocycles. The number of nitrogens with one attached hydrogen (secondary N) is 1. The van der Waals surface area contributed by atoms with Gasteiger partial charge in [-0.1, -0.05) is 24.6 Å². The second kappa shape index (κ2) is 12.1. The lowest BCUT2D eigenvalue weighted by Gasteiger charge is -2.22. The summed E-state index contributed by atoms with van der Waals surface area (Å²) in [5.74, 6) is 0.810. The van der Waals surface area contributed by atoms with Crippen molar-refractivity contribution in [1.82, 2.24) is 4.90 Å². The Morgan fingerprint density at radius 2 is 1.87 bits per heavy atom. The summed E-state index contributed by atoms with van der Waals surface area (Å²) >= 11 is 6.37. The van der Waals surface area contributed by atoms with Crippen molar-refractivity contribution < 1.29 is 23.8 Å². The number of hydrogen-bond acceptors (Lipinski definition) is 5. The summed E-state index contributed by atoms with van der Waals surface area (Å²) in [7, 11) is 1.55. The van der Waals surface area contributed by atoms with Gasteiger partial charge >= 0.3 is 0 Å². The van der Waals surface area contributed by atoms with Crippen LogP contribution in [0.2, 0.25) is 5.02 Å². The second-order valence-corrected chi connectivity index (χ2v) is 7.07. The van der Waals surface area contributed by atoms with Crippen LogP contribution in [0.1, 0.15) is 37.6 Å². The monoisotopic (exact) mass is 448 g/mol. The molecule has 2 rings (SSSR count). The molecule has 0 aromatic heterocycles. The van der Waals surface area contributed by atoms with Crippen LogP contribution in [0.25, 0.3) is 0 Å². The number of carbonyl (C=O) groups excluding carboxylic acids is 2. The first kappa shape index (κ1) is 24.3. The van der Waals surface area contributed by atoms with Crippen molar-refractivity contribution in [2.75, 3.05) is 38.7 Å². The molecule has 31 heavy (non-hydrogen) atoms. The highest BCUT2D eigenvalue weighted by molar-refractivity contribution is 6.32. The van der Waals surface area contributed by atoms with Crippen LogP contribution in [0, 0.1) is 0 Å². The lowest BCUT2D eigenvalue weighted by molar-refractivity contribution is -0.116. The fourth-order valence-electron chi connectivity index (χ4n) is 2.88. The number of hydrogen-bond donors (Lipinski definition) is 1. The van der Waals surface area contributed by atoms with E-state index >= 15 is 0 Å². The molecule has 7 nitrogen and oxygen atoms in total. The molecule has 0 aliphatic heterocycles. The highest BCUT2D eigenvalue weighted by atomic mass is 35.5. The van der Waals surface area contributed by atoms with Gasteiger partial charge in [-0.2, -0.15) is 0 Å². The molecule has 2 aromatic carbocycles. The third kappa shape index (κ3) is 6.79. The molecule has 0 aliphatic carbocycles. The van der Waals surface area contributed by atoms with E-state index < -0.39 is 0 Å². The number of nitrogens with zero attached hydrogens (tertiary/aromatic N) is 1. The van der Waals surface area contributed by atoms with E-state index in [1.54, 1.807) is 50.4 Å². The predicted octanol–water partition coefficient (Wildman–Crippen LogP) is 4.64. The van der Waals surface area contributed by atoms with E-state index in [1.807, 2.05) is 13.8 Å². The zero-order valence-corrected chi connectivity index (χ0v) is 19.1. The Bertz CT molecular complexity index is 904. The number of likely N-dealkylation sites (N-methyl/N-ethyl adjacent to an activating group) is 1. The maximum Gasteiger partial charge on any atom is 0.254 e. The minimum absolute atomic E-state index is 0.109. The van der Waals surface area contributed by atoms with Crippen LogP contribution in [0.15, 0.2) is 36.4 Å². The minimum atomic E-state index is -0.326. The quantitative estimate of drug-likeness (QED) is 0.542. The molecule has 0 unspecified atom stereocenters. The minimum Gasteiger partial charge on any atom is -0.497 e. The van der Waals surface area contributed by atoms with Gasteiger partial charge in [0.15, 0.2) is 11.5 Å². The summed E-state index contributed by atoms with van der Waals surface area (Å²) < 4.78 is 16.5. The second-order valence-electron chi connectivity index (χ2n) is 6.67. The summed E-state index contributed by atoms with van der Waals surface area (Å²) in [6.07, 6.45) is 0.814. The van der Waals surface area contributed by atoms with Crippen molar-refractivity contribution in [3.8, 4) is 17.2 Å². The number of halogens is 1. The average molecular weight is 449 g/mol. The molecule has 0 saturated carbocycles. The van der Waals surface area contributed by atoms with Crippen LogP contribution in [0.4, 0.5) is 5.69 Å². The smallest absolute Gasteiger partial charge is 0.254 e. The molecular weight excluding hydrogens is 420 g/mol. The molecule has 0 radical (unpaired) electrons. The summed E-state index contributed by atoms with van der Waals surface area (Å²) in [6, 6.07) is 10.2. The van der Waals surface area contributed by atoms with Crippen LogP contribution in [0.3, 0.4) is 0 Å². The molecule has 0 spiro atoms. The highest BCUT2D eigenvalue weighted by Gasteiger charge is 2.21. The largest absolute Gasteiger partial charge is 0.497 e. The van der Waals surface area contributed by atoms with Crippen LogP contribution in [-0.4, -0.2) is 50.1 Å². The van der Waals surface area contributed by atoms with Gasteiger partial charge in [-0.15, -0.1) is 0 Å². The van der Waals surface area contributed by atoms with Crippen molar-refractivity contribution in [2.24, 2.45) is 0 Å². The van der Waals surface area contributed by atoms with Gasteiger partial charge in [-0.25, -0.2) is 0 Å². The summed E-state index contributed by atoms with van der Waals surface area (Å²) in [5.41, 5.74) is 0.917. The number of methoxy groups -OCH3 is 1. The lowest BCUT2D eigenvalue weighted by atomic mass is 10.1. The van der Waals surface area contributed by atoms with Gasteiger partial charge in [0.25, 0.3) is 5.91 Å². The zero-order valence-electron chi connectivity index (χ0n) is 18.4. The summed E-state index contributed by atoms with van der Waals surface area (Å²) in [4.78, 5) is 27.0.